The molecule has 0 fully saturated rings. The van der Waals surface area contributed by atoms with Gasteiger partial charge >= 0.3 is 5.69 Å². The van der Waals surface area contributed by atoms with E-state index in [-0.39, 0.29) is 10.5 Å². The number of aromatic nitrogens is 2. The van der Waals surface area contributed by atoms with Gasteiger partial charge in [-0.15, -0.1) is 0 Å². The molecule has 0 saturated carbocycles. The van der Waals surface area contributed by atoms with Crippen LogP contribution >= 0.6 is 31.9 Å². The lowest BCUT2D eigenvalue weighted by Crippen LogP contribution is -1.99. The van der Waals surface area contributed by atoms with Crippen LogP contribution in [0.25, 0.3) is 11.0 Å². The van der Waals surface area contributed by atoms with Crippen molar-refractivity contribution in [1.29, 1.82) is 0 Å². The molecule has 102 valence electrons. The Morgan fingerprint density at radius 3 is 2.40 bits per heavy atom. The van der Waals surface area contributed by atoms with Crippen LogP contribution in [0.1, 0.15) is 16.0 Å². The topological polar surface area (TPSA) is 48.6 Å². The normalized spacial score (nSPS) is 12.7. The van der Waals surface area contributed by atoms with Gasteiger partial charge < -0.3 is 9.97 Å². The SMILES string of the molecule is O=c1[nH]c2cc(Br)c(C(Br)Cc3ccccc3)cc2[nH]1. The van der Waals surface area contributed by atoms with Crippen molar-refractivity contribution >= 4 is 42.9 Å². The van der Waals surface area contributed by atoms with Crippen LogP contribution in [0.2, 0.25) is 0 Å². The van der Waals surface area contributed by atoms with E-state index in [9.17, 15) is 4.79 Å². The monoisotopic (exact) mass is 394 g/mol. The van der Waals surface area contributed by atoms with E-state index in [2.05, 4.69) is 54.0 Å². The molecule has 20 heavy (non-hydrogen) atoms. The van der Waals surface area contributed by atoms with Gasteiger partial charge in [-0.3, -0.25) is 0 Å². The van der Waals surface area contributed by atoms with Crippen LogP contribution in [0, 0.1) is 0 Å². The number of hydrogen-bond donors (Lipinski definition) is 2. The molecule has 1 aromatic heterocycles. The van der Waals surface area contributed by atoms with E-state index in [1.807, 2.05) is 30.3 Å². The molecule has 3 rings (SSSR count). The third kappa shape index (κ3) is 2.74. The second kappa shape index (κ2) is 5.58. The maximum absolute atomic E-state index is 11.3. The summed E-state index contributed by atoms with van der Waals surface area (Å²) in [7, 11) is 0. The van der Waals surface area contributed by atoms with E-state index in [1.54, 1.807) is 0 Å². The number of halogens is 2. The Morgan fingerprint density at radius 2 is 1.70 bits per heavy atom. The quantitative estimate of drug-likeness (QED) is 0.638. The Kier molecular flexibility index (Phi) is 3.81. The highest BCUT2D eigenvalue weighted by Crippen LogP contribution is 2.34. The summed E-state index contributed by atoms with van der Waals surface area (Å²) in [5.41, 5.74) is 3.84. The summed E-state index contributed by atoms with van der Waals surface area (Å²) in [6.07, 6.45) is 0.888. The van der Waals surface area contributed by atoms with E-state index < -0.39 is 0 Å². The first-order valence-corrected chi connectivity index (χ1v) is 7.94. The van der Waals surface area contributed by atoms with Crippen LogP contribution in [0.4, 0.5) is 0 Å². The Hall–Kier alpha value is -1.33. The van der Waals surface area contributed by atoms with Gasteiger partial charge in [-0.1, -0.05) is 62.2 Å². The first-order chi connectivity index (χ1) is 9.63. The predicted octanol–water partition coefficient (Wildman–Crippen LogP) is 4.30. The summed E-state index contributed by atoms with van der Waals surface area (Å²) in [4.78, 5) is 17.1. The van der Waals surface area contributed by atoms with Gasteiger partial charge in [-0.25, -0.2) is 4.79 Å². The van der Waals surface area contributed by atoms with Gasteiger partial charge in [-0.2, -0.15) is 0 Å². The van der Waals surface area contributed by atoms with Crippen molar-refractivity contribution in [3.8, 4) is 0 Å². The molecule has 3 aromatic rings. The van der Waals surface area contributed by atoms with Crippen molar-refractivity contribution in [3.05, 3.63) is 68.5 Å². The zero-order valence-electron chi connectivity index (χ0n) is 10.5. The van der Waals surface area contributed by atoms with Crippen LogP contribution in [-0.2, 0) is 6.42 Å². The summed E-state index contributed by atoms with van der Waals surface area (Å²) in [5.74, 6) is 0. The number of fused-ring (bicyclic) bond motifs is 1. The molecule has 0 aliphatic rings. The van der Waals surface area contributed by atoms with E-state index in [4.69, 9.17) is 0 Å². The van der Waals surface area contributed by atoms with Gasteiger partial charge in [0.25, 0.3) is 0 Å². The average Bonchev–Trinajstić information content (AvgIpc) is 2.78. The number of alkyl halides is 1. The third-order valence-electron chi connectivity index (χ3n) is 3.23. The largest absolute Gasteiger partial charge is 0.323 e. The molecular formula is C15H12Br2N2O. The van der Waals surface area contributed by atoms with Crippen LogP contribution in [0.15, 0.2) is 51.7 Å². The molecule has 2 aromatic carbocycles. The number of aromatic amines is 2. The second-order valence-corrected chi connectivity index (χ2v) is 6.62. The first kappa shape index (κ1) is 13.6. The molecule has 0 spiro atoms. The minimum Gasteiger partial charge on any atom is -0.306 e. The van der Waals surface area contributed by atoms with Crippen molar-refractivity contribution in [1.82, 2.24) is 9.97 Å². The fraction of sp³-hybridized carbons (Fsp3) is 0.133. The number of benzene rings is 2. The summed E-state index contributed by atoms with van der Waals surface area (Å²) < 4.78 is 0.984. The average molecular weight is 396 g/mol. The fourth-order valence-corrected chi connectivity index (χ4v) is 3.92. The van der Waals surface area contributed by atoms with Crippen molar-refractivity contribution in [2.45, 2.75) is 11.2 Å². The molecule has 1 atom stereocenters. The molecule has 0 amide bonds. The molecule has 0 radical (unpaired) electrons. The lowest BCUT2D eigenvalue weighted by Gasteiger charge is -2.12. The Balaban J connectivity index is 1.96. The minimum absolute atomic E-state index is 0.182. The van der Waals surface area contributed by atoms with E-state index in [0.717, 1.165) is 27.5 Å². The van der Waals surface area contributed by atoms with E-state index in [0.29, 0.717) is 0 Å². The van der Waals surface area contributed by atoms with Gasteiger partial charge in [0, 0.05) is 9.30 Å². The van der Waals surface area contributed by atoms with E-state index in [1.165, 1.54) is 5.56 Å². The Morgan fingerprint density at radius 1 is 1.05 bits per heavy atom. The van der Waals surface area contributed by atoms with Crippen LogP contribution < -0.4 is 5.69 Å². The van der Waals surface area contributed by atoms with Gasteiger partial charge in [0.2, 0.25) is 0 Å². The lowest BCUT2D eigenvalue weighted by molar-refractivity contribution is 0.945. The summed E-state index contributed by atoms with van der Waals surface area (Å²) in [6, 6.07) is 14.2. The number of hydrogen-bond acceptors (Lipinski definition) is 1. The molecule has 3 nitrogen and oxygen atoms in total. The van der Waals surface area contributed by atoms with Gasteiger partial charge in [0.05, 0.1) is 11.0 Å². The van der Waals surface area contributed by atoms with Crippen LogP contribution in [0.3, 0.4) is 0 Å². The summed E-state index contributed by atoms with van der Waals surface area (Å²) in [6.45, 7) is 0. The Labute approximate surface area is 132 Å². The van der Waals surface area contributed by atoms with Gasteiger partial charge in [0.1, 0.15) is 0 Å². The maximum Gasteiger partial charge on any atom is 0.323 e. The molecule has 5 heteroatoms. The number of nitrogens with one attached hydrogen (secondary N) is 2. The molecule has 0 bridgehead atoms. The smallest absolute Gasteiger partial charge is 0.306 e. The lowest BCUT2D eigenvalue weighted by atomic mass is 10.0. The highest BCUT2D eigenvalue weighted by Gasteiger charge is 2.14. The molecule has 0 saturated heterocycles. The zero-order valence-corrected chi connectivity index (χ0v) is 13.7. The molecule has 0 aliphatic heterocycles. The van der Waals surface area contributed by atoms with Crippen molar-refractivity contribution < 1.29 is 0 Å². The van der Waals surface area contributed by atoms with Gasteiger partial charge in [0.15, 0.2) is 0 Å². The second-order valence-electron chi connectivity index (χ2n) is 4.66. The predicted molar refractivity (Wildman–Crippen MR) is 88.4 cm³/mol. The first-order valence-electron chi connectivity index (χ1n) is 6.23. The summed E-state index contributed by atoms with van der Waals surface area (Å²) in [5, 5.41) is 0. The van der Waals surface area contributed by atoms with Gasteiger partial charge in [-0.05, 0) is 29.7 Å². The highest BCUT2D eigenvalue weighted by atomic mass is 79.9. The molecule has 2 N–H and O–H groups in total. The Bertz CT molecular complexity index is 792. The fourth-order valence-electron chi connectivity index (χ4n) is 2.24. The van der Waals surface area contributed by atoms with Crippen LogP contribution in [-0.4, -0.2) is 9.97 Å². The number of H-pyrrole nitrogens is 2. The van der Waals surface area contributed by atoms with Crippen LogP contribution in [0.5, 0.6) is 0 Å². The number of imidazole rings is 1. The standard InChI is InChI=1S/C15H12Br2N2O/c16-11(6-9-4-2-1-3-5-9)10-7-13-14(8-12(10)17)19-15(20)18-13/h1-5,7-8,11H,6H2,(H2,18,19,20). The molecule has 0 aliphatic carbocycles. The molecule has 1 unspecified atom stereocenters. The van der Waals surface area contributed by atoms with Crippen molar-refractivity contribution in [2.75, 3.05) is 0 Å². The highest BCUT2D eigenvalue weighted by molar-refractivity contribution is 9.11. The third-order valence-corrected chi connectivity index (χ3v) is 4.73. The zero-order chi connectivity index (χ0) is 14.1. The minimum atomic E-state index is -0.182. The van der Waals surface area contributed by atoms with Crippen molar-refractivity contribution in [3.63, 3.8) is 0 Å². The maximum atomic E-state index is 11.3. The molecule has 1 heterocycles. The number of rotatable bonds is 3. The molecular weight excluding hydrogens is 384 g/mol. The van der Waals surface area contributed by atoms with E-state index >= 15 is 0 Å². The van der Waals surface area contributed by atoms with Crippen molar-refractivity contribution in [2.24, 2.45) is 0 Å². The summed E-state index contributed by atoms with van der Waals surface area (Å²) >= 11 is 7.31.